The molecule has 0 radical (unpaired) electrons. The topological polar surface area (TPSA) is 511 Å². The highest BCUT2D eigenvalue weighted by molar-refractivity contribution is 6.14. The van der Waals surface area contributed by atoms with Crippen LogP contribution in [0.15, 0.2) is 336 Å². The molecule has 5 aromatic carbocycles. The minimum atomic E-state index is -0.747. The largest absolute Gasteiger partial charge is 0.303 e. The van der Waals surface area contributed by atoms with Crippen molar-refractivity contribution in [2.45, 2.75) is 208 Å². The van der Waals surface area contributed by atoms with Gasteiger partial charge in [-0.3, -0.25) is 94.8 Å². The molecule has 0 unspecified atom stereocenters. The Labute approximate surface area is 819 Å². The van der Waals surface area contributed by atoms with Crippen LogP contribution in [0, 0.1) is 125 Å². The molecular weight excluding hydrogens is 1800 g/mol. The number of nitro groups is 7. The molecule has 5 aliphatic carbocycles. The molecule has 5 aromatic rings. The summed E-state index contributed by atoms with van der Waals surface area (Å²) in [6.45, 7) is 59.4. The van der Waals surface area contributed by atoms with Crippen LogP contribution in [-0.4, -0.2) is 63.4 Å². The van der Waals surface area contributed by atoms with Crippen LogP contribution in [0.4, 0.5) is 68.2 Å². The molecule has 0 aromatic heterocycles. The third-order valence-corrected chi connectivity index (χ3v) is 21.4. The van der Waals surface area contributed by atoms with Crippen molar-refractivity contribution in [1.29, 1.82) is 0 Å². The average Bonchev–Trinajstić information content (AvgIpc) is 0.794. The van der Waals surface area contributed by atoms with E-state index in [0.29, 0.717) is 56.0 Å². The van der Waals surface area contributed by atoms with E-state index in [9.17, 15) is 94.8 Å². The summed E-state index contributed by atoms with van der Waals surface area (Å²) in [5.74, 6) is 0.138. The molecule has 36 nitrogen and oxygen atoms in total. The normalized spacial score (nSPS) is 15.4. The van der Waals surface area contributed by atoms with Crippen LogP contribution in [0.25, 0.3) is 0 Å². The van der Waals surface area contributed by atoms with Gasteiger partial charge in [-0.25, -0.2) is 0 Å². The minimum Gasteiger partial charge on any atom is -0.289 e. The van der Waals surface area contributed by atoms with Crippen LogP contribution >= 0.6 is 0 Å². The molecule has 0 saturated carbocycles. The standard InChI is InChI=1S/2C21H24N4O5.3C21H25N3O3/c1-20(2,3)17-7-13(8-18(19(17)26)21(4,5)6)12-22-23-14-9-15(24(27)28)11-16(10-14)25(29)30;1-20(2,3)15-9-13(10-16(19(15)26)21(4,5)6)12-22-23-17-8-7-14(24(27)28)11-18(17)25(29)30;1-20(2,3)17-11-14(12-18(19(17)25)21(4,5)6)13-22-23-15-7-9-16(10-8-15)24(26)27;1-20(2,3)17-10-14(11-18(19(17)25)21(4,5)6)13-22-23-15-8-7-9-16(12-15)24(26)27;1-20(2,3)15-11-14(12-16(19(15)25)21(4,5)6)13-22-23-17-9-7-8-10-18(17)24(26)27/h2*7-12H,1-6H3;3*7-13H,1-6H3. The van der Waals surface area contributed by atoms with Crippen LogP contribution in [0.5, 0.6) is 0 Å². The highest BCUT2D eigenvalue weighted by Crippen LogP contribution is 2.46. The molecule has 0 saturated heterocycles. The van der Waals surface area contributed by atoms with Gasteiger partial charge in [0.25, 0.3) is 34.1 Å². The van der Waals surface area contributed by atoms with Gasteiger partial charge in [-0.2, -0.15) is 40.9 Å². The SMILES string of the molecule is CC(C)(C)C1=CC(=CN=Nc2cc([N+](=O)[O-])cc([N+](=O)[O-])c2)C=C(C(C)(C)C)C1=O.CC(C)(C)C1=CC(=CN=Nc2ccc([N+](=O)[O-])cc2)C=C(C(C)(C)C)C1=O.CC(C)(C)C1=CC(=CN=Nc2ccc([N+](=O)[O-])cc2[N+](=O)[O-])C=C(C(C)(C)C)C1=O.CC(C)(C)C1=CC(=CN=Nc2cccc([N+](=O)[O-])c2)C=C(C(C)(C)C)C1=O.CC(C)(C)C1=CC(=CN=Nc2ccccc2[N+](=O)[O-])C=C(C(C)(C)C)C1=O. The number of allylic oxidation sites excluding steroid dienone is 25. The van der Waals surface area contributed by atoms with Crippen molar-refractivity contribution in [1.82, 2.24) is 0 Å². The van der Waals surface area contributed by atoms with Gasteiger partial charge in [0.1, 0.15) is 0 Å². The molecule has 0 atom stereocenters. The number of Topliss-reactive ketones (excluding diaryl/α,β-unsaturated/α-hetero) is 5. The molecule has 0 bridgehead atoms. The van der Waals surface area contributed by atoms with Gasteiger partial charge >= 0.3 is 5.69 Å². The highest BCUT2D eigenvalue weighted by atomic mass is 16.7. The number of nitrogens with zero attached hydrogens (tertiary/aromatic N) is 17. The summed E-state index contributed by atoms with van der Waals surface area (Å²) in [5.41, 5.74) is 6.29. The fourth-order valence-electron chi connectivity index (χ4n) is 13.7. The molecule has 0 N–H and O–H groups in total. The number of hydrogen-bond donors (Lipinski definition) is 0. The number of azo groups is 5. The number of non-ortho nitro benzene ring substituents is 5. The third kappa shape index (κ3) is 32.8. The van der Waals surface area contributed by atoms with Crippen molar-refractivity contribution in [2.24, 2.45) is 105 Å². The Morgan fingerprint density at radius 2 is 0.433 bits per heavy atom. The van der Waals surface area contributed by atoms with Gasteiger partial charge in [-0.05, 0) is 173 Å². The zero-order valence-electron chi connectivity index (χ0n) is 85.4. The summed E-state index contributed by atoms with van der Waals surface area (Å²) in [6.07, 6.45) is 25.5. The average molecular weight is 1930 g/mol. The molecular formula is C105H123N17O19. The minimum absolute atomic E-state index is 0.00796. The van der Waals surface area contributed by atoms with Gasteiger partial charge in [0.05, 0.1) is 94.7 Å². The second kappa shape index (κ2) is 45.3. The van der Waals surface area contributed by atoms with Gasteiger partial charge in [-0.15, -0.1) is 10.2 Å². The van der Waals surface area contributed by atoms with Crippen LogP contribution < -0.4 is 0 Å². The van der Waals surface area contributed by atoms with Crippen molar-refractivity contribution in [3.05, 3.63) is 355 Å². The Kier molecular flexibility index (Phi) is 36.7. The molecule has 0 amide bonds. The zero-order valence-corrected chi connectivity index (χ0v) is 85.4. The molecule has 36 heteroatoms. The first kappa shape index (κ1) is 114. The van der Waals surface area contributed by atoms with Gasteiger partial charge in [0.2, 0.25) is 0 Å². The predicted molar refractivity (Wildman–Crippen MR) is 542 cm³/mol. The number of hydrogen-bond acceptors (Lipinski definition) is 29. The van der Waals surface area contributed by atoms with E-state index in [-0.39, 0.29) is 117 Å². The maximum atomic E-state index is 12.9. The van der Waals surface area contributed by atoms with Gasteiger partial charge in [-0.1, -0.05) is 226 Å². The van der Waals surface area contributed by atoms with Crippen LogP contribution in [-0.2, 0) is 24.0 Å². The quantitative estimate of drug-likeness (QED) is 0.0474. The lowest BCUT2D eigenvalue weighted by atomic mass is 9.72. The predicted octanol–water partition coefficient (Wildman–Crippen LogP) is 30.3. The molecule has 0 spiro atoms. The summed E-state index contributed by atoms with van der Waals surface area (Å²) in [6, 6.07) is 24.2. The van der Waals surface area contributed by atoms with E-state index in [1.54, 1.807) is 61.0 Å². The fraction of sp³-hybridized carbons (Fsp3) is 0.381. The lowest BCUT2D eigenvalue weighted by Gasteiger charge is -2.31. The van der Waals surface area contributed by atoms with E-state index in [4.69, 9.17) is 0 Å². The van der Waals surface area contributed by atoms with E-state index in [2.05, 4.69) is 51.1 Å². The number of benzene rings is 5. The van der Waals surface area contributed by atoms with E-state index in [1.165, 1.54) is 73.2 Å². The number of carbonyl (C=O) groups is 5. The van der Waals surface area contributed by atoms with Gasteiger partial charge in [0.15, 0.2) is 40.3 Å². The Morgan fingerprint density at radius 1 is 0.206 bits per heavy atom. The Bertz CT molecular complexity index is 6330. The summed E-state index contributed by atoms with van der Waals surface area (Å²) in [7, 11) is 0. The first-order valence-corrected chi connectivity index (χ1v) is 44.7. The number of rotatable bonds is 17. The summed E-state index contributed by atoms with van der Waals surface area (Å²) in [5, 5.41) is 116. The van der Waals surface area contributed by atoms with Gasteiger partial charge < -0.3 is 0 Å². The maximum Gasteiger partial charge on any atom is 0.303 e. The molecule has 5 aliphatic rings. The van der Waals surface area contributed by atoms with Crippen molar-refractivity contribution in [3.63, 3.8) is 0 Å². The second-order valence-corrected chi connectivity index (χ2v) is 43.7. The number of ketones is 5. The monoisotopic (exact) mass is 1930 g/mol. The van der Waals surface area contributed by atoms with Crippen molar-refractivity contribution in [3.8, 4) is 0 Å². The molecule has 0 aliphatic heterocycles. The smallest absolute Gasteiger partial charge is 0.289 e. The fourth-order valence-corrected chi connectivity index (χ4v) is 13.7. The lowest BCUT2D eigenvalue weighted by molar-refractivity contribution is -0.394. The third-order valence-electron chi connectivity index (χ3n) is 21.4. The zero-order chi connectivity index (χ0) is 107. The van der Waals surface area contributed by atoms with Gasteiger partial charge in [0, 0.05) is 104 Å². The summed E-state index contributed by atoms with van der Waals surface area (Å²) >= 11 is 0. The Balaban J connectivity index is 0.000000270. The molecule has 742 valence electrons. The molecule has 0 heterocycles. The summed E-state index contributed by atoms with van der Waals surface area (Å²) in [4.78, 5) is 137. The summed E-state index contributed by atoms with van der Waals surface area (Å²) < 4.78 is 0. The maximum absolute atomic E-state index is 12.9. The van der Waals surface area contributed by atoms with Crippen LogP contribution in [0.3, 0.4) is 0 Å². The van der Waals surface area contributed by atoms with Crippen LogP contribution in [0.1, 0.15) is 208 Å². The molecule has 0 fully saturated rings. The lowest BCUT2D eigenvalue weighted by Crippen LogP contribution is -2.27. The van der Waals surface area contributed by atoms with E-state index < -0.39 is 57.2 Å². The highest BCUT2D eigenvalue weighted by Gasteiger charge is 2.40. The van der Waals surface area contributed by atoms with E-state index >= 15 is 0 Å². The first-order valence-electron chi connectivity index (χ1n) is 44.7. The molecule has 141 heavy (non-hydrogen) atoms. The second-order valence-electron chi connectivity index (χ2n) is 43.7. The first-order chi connectivity index (χ1) is 64.6. The van der Waals surface area contributed by atoms with E-state index in [0.717, 1.165) is 69.3 Å². The Morgan fingerprint density at radius 3 is 0.695 bits per heavy atom. The Hall–Kier alpha value is -15.7. The number of carbonyl (C=O) groups excluding carboxylic acids is 5. The number of nitro benzene ring substituents is 7. The molecule has 10 rings (SSSR count). The van der Waals surface area contributed by atoms with E-state index in [1.807, 2.05) is 244 Å². The van der Waals surface area contributed by atoms with Crippen molar-refractivity contribution < 1.29 is 58.4 Å². The number of para-hydroxylation sites is 1. The van der Waals surface area contributed by atoms with Crippen LogP contribution in [0.2, 0.25) is 0 Å². The van der Waals surface area contributed by atoms with Crippen molar-refractivity contribution >= 4 is 97.2 Å². The van der Waals surface area contributed by atoms with Crippen molar-refractivity contribution in [2.75, 3.05) is 0 Å².